The average molecular weight is 405 g/mol. The summed E-state index contributed by atoms with van der Waals surface area (Å²) >= 11 is 0. The monoisotopic (exact) mass is 405 g/mol. The number of rotatable bonds is 5. The van der Waals surface area contributed by atoms with E-state index in [1.54, 1.807) is 18.2 Å². The van der Waals surface area contributed by atoms with Crippen LogP contribution in [0.25, 0.3) is 11.0 Å². The summed E-state index contributed by atoms with van der Waals surface area (Å²) in [5, 5.41) is 33.8. The molecule has 0 amide bonds. The maximum absolute atomic E-state index is 12.9. The van der Waals surface area contributed by atoms with E-state index in [1.807, 2.05) is 0 Å². The van der Waals surface area contributed by atoms with Gasteiger partial charge in [0.25, 0.3) is 5.56 Å². The fourth-order valence-corrected chi connectivity index (χ4v) is 3.43. The van der Waals surface area contributed by atoms with Crippen LogP contribution in [0.2, 0.25) is 0 Å². The van der Waals surface area contributed by atoms with Crippen molar-refractivity contribution in [2.75, 3.05) is 13.7 Å². The van der Waals surface area contributed by atoms with Crippen LogP contribution in [-0.2, 0) is 11.3 Å². The lowest BCUT2D eigenvalue weighted by atomic mass is 10.1. The van der Waals surface area contributed by atoms with Crippen molar-refractivity contribution in [3.8, 4) is 5.75 Å². The Kier molecular flexibility index (Phi) is 4.96. The standard InChI is InChI=1S/C18H19N3O8/c1-27-10-3-2-4-11-14(10)9(19-29-11)7-21-13(23)5-6-20(18(21)26)17-16(25)15(24)12(8-22)28-17/h2-6,12,15-17,22,24-25H,7-8H2,1H3/t12-,15-,16-,17-/m1/s1. The molecule has 3 N–H and O–H groups in total. The summed E-state index contributed by atoms with van der Waals surface area (Å²) in [5.41, 5.74) is -0.620. The molecule has 0 saturated carbocycles. The summed E-state index contributed by atoms with van der Waals surface area (Å²) in [6, 6.07) is 6.24. The fraction of sp³-hybridized carbons (Fsp3) is 0.389. The van der Waals surface area contributed by atoms with Crippen LogP contribution in [0.3, 0.4) is 0 Å². The summed E-state index contributed by atoms with van der Waals surface area (Å²) in [4.78, 5) is 25.3. The Hall–Kier alpha value is -2.99. The van der Waals surface area contributed by atoms with Gasteiger partial charge in [-0.2, -0.15) is 0 Å². The van der Waals surface area contributed by atoms with E-state index in [1.165, 1.54) is 13.3 Å². The van der Waals surface area contributed by atoms with Gasteiger partial charge in [0.2, 0.25) is 0 Å². The van der Waals surface area contributed by atoms with E-state index in [4.69, 9.17) is 14.0 Å². The van der Waals surface area contributed by atoms with Gasteiger partial charge in [-0.05, 0) is 12.1 Å². The molecule has 3 heterocycles. The highest BCUT2D eigenvalue weighted by Gasteiger charge is 2.43. The van der Waals surface area contributed by atoms with Crippen LogP contribution in [0.4, 0.5) is 0 Å². The number of hydrogen-bond donors (Lipinski definition) is 3. The lowest BCUT2D eigenvalue weighted by molar-refractivity contribution is -0.0555. The second-order valence-corrected chi connectivity index (χ2v) is 6.62. The zero-order valence-corrected chi connectivity index (χ0v) is 15.3. The first-order chi connectivity index (χ1) is 14.0. The number of fused-ring (bicyclic) bond motifs is 1. The van der Waals surface area contributed by atoms with Crippen LogP contribution in [-0.4, -0.2) is 61.6 Å². The van der Waals surface area contributed by atoms with Gasteiger partial charge >= 0.3 is 5.69 Å². The van der Waals surface area contributed by atoms with Crippen LogP contribution < -0.4 is 16.0 Å². The maximum Gasteiger partial charge on any atom is 0.333 e. The highest BCUT2D eigenvalue weighted by Crippen LogP contribution is 2.29. The Morgan fingerprint density at radius 3 is 2.69 bits per heavy atom. The third-order valence-electron chi connectivity index (χ3n) is 4.95. The van der Waals surface area contributed by atoms with Crippen molar-refractivity contribution in [2.45, 2.75) is 31.1 Å². The van der Waals surface area contributed by atoms with Gasteiger partial charge < -0.3 is 29.3 Å². The van der Waals surface area contributed by atoms with Crippen molar-refractivity contribution in [3.63, 3.8) is 0 Å². The lowest BCUT2D eigenvalue weighted by Gasteiger charge is -2.18. The van der Waals surface area contributed by atoms with Gasteiger partial charge in [-0.1, -0.05) is 11.2 Å². The zero-order valence-electron chi connectivity index (χ0n) is 15.3. The minimum absolute atomic E-state index is 0.208. The van der Waals surface area contributed by atoms with E-state index in [-0.39, 0.29) is 6.54 Å². The smallest absolute Gasteiger partial charge is 0.333 e. The summed E-state index contributed by atoms with van der Waals surface area (Å²) in [5.74, 6) is 0.478. The summed E-state index contributed by atoms with van der Waals surface area (Å²) in [6.07, 6.45) is -3.97. The second kappa shape index (κ2) is 7.44. The molecule has 0 bridgehead atoms. The molecule has 3 aromatic rings. The normalized spacial score (nSPS) is 24.3. The van der Waals surface area contributed by atoms with E-state index in [2.05, 4.69) is 5.16 Å². The van der Waals surface area contributed by atoms with Crippen molar-refractivity contribution in [2.24, 2.45) is 0 Å². The first kappa shape index (κ1) is 19.3. The number of benzene rings is 1. The topological polar surface area (TPSA) is 149 Å². The Morgan fingerprint density at radius 2 is 2.00 bits per heavy atom. The molecule has 2 aromatic heterocycles. The number of aliphatic hydroxyl groups excluding tert-OH is 3. The summed E-state index contributed by atoms with van der Waals surface area (Å²) in [7, 11) is 1.48. The van der Waals surface area contributed by atoms with Crippen molar-refractivity contribution >= 4 is 11.0 Å². The van der Waals surface area contributed by atoms with E-state index in [9.17, 15) is 24.9 Å². The summed E-state index contributed by atoms with van der Waals surface area (Å²) < 4.78 is 17.8. The molecule has 1 aliphatic heterocycles. The molecule has 0 aliphatic carbocycles. The van der Waals surface area contributed by atoms with Crippen LogP contribution in [0.15, 0.2) is 44.6 Å². The predicted octanol–water partition coefficient (Wildman–Crippen LogP) is -1.18. The van der Waals surface area contributed by atoms with Gasteiger partial charge in [0.15, 0.2) is 11.8 Å². The fourth-order valence-electron chi connectivity index (χ4n) is 3.43. The van der Waals surface area contributed by atoms with Crippen molar-refractivity contribution < 1.29 is 29.3 Å². The SMILES string of the molecule is COc1cccc2onc(Cn3c(=O)ccn([C@@H]4O[C@H](CO)[C@@H](O)[C@H]4O)c3=O)c12. The van der Waals surface area contributed by atoms with Gasteiger partial charge in [-0.15, -0.1) is 0 Å². The van der Waals surface area contributed by atoms with E-state index in [0.29, 0.717) is 22.4 Å². The molecule has 4 atom stereocenters. The zero-order chi connectivity index (χ0) is 20.7. The van der Waals surface area contributed by atoms with Crippen molar-refractivity contribution in [3.05, 3.63) is 57.0 Å². The minimum Gasteiger partial charge on any atom is -0.496 e. The molecule has 0 radical (unpaired) electrons. The van der Waals surface area contributed by atoms with Gasteiger partial charge in [0.05, 0.1) is 25.6 Å². The van der Waals surface area contributed by atoms with E-state index < -0.39 is 42.4 Å². The Bertz CT molecular complexity index is 1150. The molecule has 1 aliphatic rings. The molecule has 0 spiro atoms. The van der Waals surface area contributed by atoms with E-state index in [0.717, 1.165) is 15.2 Å². The molecular weight excluding hydrogens is 386 g/mol. The van der Waals surface area contributed by atoms with Gasteiger partial charge in [0.1, 0.15) is 29.8 Å². The molecule has 1 aromatic carbocycles. The molecular formula is C18H19N3O8. The number of aliphatic hydroxyl groups is 3. The second-order valence-electron chi connectivity index (χ2n) is 6.62. The van der Waals surface area contributed by atoms with Crippen molar-refractivity contribution in [1.82, 2.24) is 14.3 Å². The molecule has 1 fully saturated rings. The quantitative estimate of drug-likeness (QED) is 0.477. The first-order valence-electron chi connectivity index (χ1n) is 8.82. The summed E-state index contributed by atoms with van der Waals surface area (Å²) in [6.45, 7) is -0.742. The maximum atomic E-state index is 12.9. The van der Waals surface area contributed by atoms with Crippen LogP contribution in [0.5, 0.6) is 5.75 Å². The number of methoxy groups -OCH3 is 1. The third-order valence-corrected chi connectivity index (χ3v) is 4.95. The molecule has 29 heavy (non-hydrogen) atoms. The largest absolute Gasteiger partial charge is 0.496 e. The number of nitrogens with zero attached hydrogens (tertiary/aromatic N) is 3. The Balaban J connectivity index is 1.76. The molecule has 11 nitrogen and oxygen atoms in total. The van der Waals surface area contributed by atoms with Gasteiger partial charge in [0, 0.05) is 12.3 Å². The lowest BCUT2D eigenvalue weighted by Crippen LogP contribution is -2.43. The average Bonchev–Trinajstić information content (AvgIpc) is 3.26. The van der Waals surface area contributed by atoms with Crippen LogP contribution in [0, 0.1) is 0 Å². The van der Waals surface area contributed by atoms with Crippen LogP contribution >= 0.6 is 0 Å². The molecule has 154 valence electrons. The number of aromatic nitrogens is 3. The highest BCUT2D eigenvalue weighted by molar-refractivity contribution is 5.86. The number of hydrogen-bond acceptors (Lipinski definition) is 9. The Morgan fingerprint density at radius 1 is 1.21 bits per heavy atom. The van der Waals surface area contributed by atoms with Gasteiger partial charge in [-0.3, -0.25) is 13.9 Å². The van der Waals surface area contributed by atoms with E-state index >= 15 is 0 Å². The molecule has 11 heteroatoms. The molecule has 4 rings (SSSR count). The molecule has 0 unspecified atom stereocenters. The highest BCUT2D eigenvalue weighted by atomic mass is 16.6. The third kappa shape index (κ3) is 3.13. The minimum atomic E-state index is -1.45. The van der Waals surface area contributed by atoms with Gasteiger partial charge in [-0.25, -0.2) is 4.79 Å². The number of ether oxygens (including phenoxy) is 2. The first-order valence-corrected chi connectivity index (χ1v) is 8.82. The Labute approximate surface area is 162 Å². The van der Waals surface area contributed by atoms with Crippen molar-refractivity contribution in [1.29, 1.82) is 0 Å². The van der Waals surface area contributed by atoms with Crippen LogP contribution in [0.1, 0.15) is 11.9 Å². The molecule has 1 saturated heterocycles. The predicted molar refractivity (Wildman–Crippen MR) is 97.6 cm³/mol.